The summed E-state index contributed by atoms with van der Waals surface area (Å²) < 4.78 is 53.5. The lowest BCUT2D eigenvalue weighted by molar-refractivity contribution is -0.153. The lowest BCUT2D eigenvalue weighted by Crippen LogP contribution is -2.30. The zero-order valence-corrected chi connectivity index (χ0v) is 15.9. The Morgan fingerprint density at radius 2 is 1.86 bits per heavy atom. The molecule has 6 nitrogen and oxygen atoms in total. The summed E-state index contributed by atoms with van der Waals surface area (Å²) in [7, 11) is 1.60. The number of anilines is 1. The minimum Gasteiger partial charge on any atom is -0.490 e. The number of para-hydroxylation sites is 1. The molecule has 2 aromatic rings. The van der Waals surface area contributed by atoms with Gasteiger partial charge in [0.1, 0.15) is 5.75 Å². The summed E-state index contributed by atoms with van der Waals surface area (Å²) in [6.45, 7) is 0.0867. The lowest BCUT2D eigenvalue weighted by Gasteiger charge is -2.16. The molecule has 0 saturated carbocycles. The van der Waals surface area contributed by atoms with Crippen molar-refractivity contribution in [3.63, 3.8) is 0 Å². The van der Waals surface area contributed by atoms with Crippen LogP contribution in [0.25, 0.3) is 0 Å². The molecule has 29 heavy (non-hydrogen) atoms. The van der Waals surface area contributed by atoms with Crippen LogP contribution in [0.3, 0.4) is 0 Å². The first-order chi connectivity index (χ1) is 13.9. The van der Waals surface area contributed by atoms with E-state index in [1.165, 1.54) is 6.07 Å². The fraction of sp³-hybridized carbons (Fsp3) is 0.350. The molecule has 0 spiro atoms. The number of halogens is 3. The van der Waals surface area contributed by atoms with E-state index < -0.39 is 12.8 Å². The van der Waals surface area contributed by atoms with E-state index in [1.54, 1.807) is 25.2 Å². The molecule has 0 unspecified atom stereocenters. The summed E-state index contributed by atoms with van der Waals surface area (Å²) in [5.74, 6) is 1.95. The van der Waals surface area contributed by atoms with Crippen LogP contribution in [0.15, 0.2) is 47.5 Å². The maximum Gasteiger partial charge on any atom is 0.422 e. The Balaban J connectivity index is 1.62. The fourth-order valence-electron chi connectivity index (χ4n) is 2.69. The van der Waals surface area contributed by atoms with Gasteiger partial charge in [0.15, 0.2) is 24.1 Å². The number of hydrogen-bond donors (Lipinski definition) is 2. The molecule has 1 aliphatic heterocycles. The Bertz CT molecular complexity index is 856. The number of nitrogens with zero attached hydrogens (tertiary/aromatic N) is 1. The largest absolute Gasteiger partial charge is 0.490 e. The smallest absolute Gasteiger partial charge is 0.422 e. The van der Waals surface area contributed by atoms with Crippen LogP contribution in [0.5, 0.6) is 17.2 Å². The zero-order valence-electron chi connectivity index (χ0n) is 15.9. The molecule has 0 fully saturated rings. The van der Waals surface area contributed by atoms with Crippen molar-refractivity contribution in [1.82, 2.24) is 5.32 Å². The van der Waals surface area contributed by atoms with Crippen molar-refractivity contribution < 1.29 is 27.4 Å². The van der Waals surface area contributed by atoms with E-state index in [0.717, 1.165) is 12.1 Å². The normalized spacial score (nSPS) is 14.1. The van der Waals surface area contributed by atoms with Crippen LogP contribution in [0.4, 0.5) is 18.9 Å². The molecular weight excluding hydrogens is 387 g/mol. The van der Waals surface area contributed by atoms with Crippen LogP contribution in [-0.4, -0.2) is 39.0 Å². The third kappa shape index (κ3) is 6.20. The van der Waals surface area contributed by atoms with Crippen LogP contribution in [0, 0.1) is 0 Å². The number of aliphatic imine (C=N–C) groups is 1. The van der Waals surface area contributed by atoms with Crippen molar-refractivity contribution in [2.24, 2.45) is 4.99 Å². The topological polar surface area (TPSA) is 64.1 Å². The van der Waals surface area contributed by atoms with Crippen LogP contribution < -0.4 is 24.8 Å². The van der Waals surface area contributed by atoms with Crippen molar-refractivity contribution in [3.8, 4) is 17.2 Å². The van der Waals surface area contributed by atoms with Gasteiger partial charge >= 0.3 is 6.18 Å². The third-order valence-corrected chi connectivity index (χ3v) is 4.04. The summed E-state index contributed by atoms with van der Waals surface area (Å²) in [6, 6.07) is 12.0. The van der Waals surface area contributed by atoms with Crippen molar-refractivity contribution in [3.05, 3.63) is 48.0 Å². The molecule has 0 amide bonds. The fourth-order valence-corrected chi connectivity index (χ4v) is 2.69. The Morgan fingerprint density at radius 1 is 1.10 bits per heavy atom. The monoisotopic (exact) mass is 409 g/mol. The first-order valence-electron chi connectivity index (χ1n) is 9.09. The number of nitrogens with one attached hydrogen (secondary N) is 2. The van der Waals surface area contributed by atoms with Gasteiger partial charge in [-0.25, -0.2) is 0 Å². The predicted molar refractivity (Wildman–Crippen MR) is 104 cm³/mol. The van der Waals surface area contributed by atoms with Gasteiger partial charge in [-0.05, 0) is 18.2 Å². The molecule has 2 N–H and O–H groups in total. The minimum atomic E-state index is -4.39. The number of ether oxygens (including phenoxy) is 3. The SMILES string of the molecule is CN=C(NCc1ccccc1OCC(F)(F)F)Nc1ccc2c(c1)OCCCO2. The molecule has 0 aliphatic carbocycles. The van der Waals surface area contributed by atoms with Gasteiger partial charge in [0.25, 0.3) is 0 Å². The molecule has 2 aromatic carbocycles. The standard InChI is InChI=1S/C20H22F3N3O3/c1-24-19(26-15-7-8-17-18(11-15)28-10-4-9-27-17)25-12-14-5-2-3-6-16(14)29-13-20(21,22)23/h2-3,5-8,11H,4,9-10,12-13H2,1H3,(H2,24,25,26). The Hall–Kier alpha value is -3.10. The van der Waals surface area contributed by atoms with Gasteiger partial charge in [-0.2, -0.15) is 13.2 Å². The number of benzene rings is 2. The Morgan fingerprint density at radius 3 is 2.62 bits per heavy atom. The molecule has 0 radical (unpaired) electrons. The average molecular weight is 409 g/mol. The molecule has 0 aromatic heterocycles. The van der Waals surface area contributed by atoms with E-state index in [9.17, 15) is 13.2 Å². The van der Waals surface area contributed by atoms with Crippen molar-refractivity contribution in [1.29, 1.82) is 0 Å². The molecule has 1 aliphatic rings. The van der Waals surface area contributed by atoms with Gasteiger partial charge in [-0.1, -0.05) is 18.2 Å². The molecule has 0 atom stereocenters. The summed E-state index contributed by atoms with van der Waals surface area (Å²) in [6.07, 6.45) is -3.58. The maximum atomic E-state index is 12.4. The van der Waals surface area contributed by atoms with Crippen LogP contribution in [-0.2, 0) is 6.54 Å². The van der Waals surface area contributed by atoms with Gasteiger partial charge in [-0.3, -0.25) is 4.99 Å². The Kier molecular flexibility index (Phi) is 6.69. The van der Waals surface area contributed by atoms with E-state index in [1.807, 2.05) is 18.2 Å². The number of rotatable bonds is 5. The highest BCUT2D eigenvalue weighted by Crippen LogP contribution is 2.32. The van der Waals surface area contributed by atoms with Gasteiger partial charge in [0.2, 0.25) is 0 Å². The first kappa shape index (κ1) is 20.6. The van der Waals surface area contributed by atoms with Gasteiger partial charge in [0, 0.05) is 37.3 Å². The summed E-state index contributed by atoms with van der Waals surface area (Å²) in [5, 5.41) is 6.20. The van der Waals surface area contributed by atoms with Gasteiger partial charge in [-0.15, -0.1) is 0 Å². The quantitative estimate of drug-likeness (QED) is 0.578. The van der Waals surface area contributed by atoms with E-state index in [0.29, 0.717) is 36.2 Å². The molecule has 1 heterocycles. The molecule has 0 bridgehead atoms. The lowest BCUT2D eigenvalue weighted by atomic mass is 10.2. The van der Waals surface area contributed by atoms with Crippen molar-refractivity contribution in [2.75, 3.05) is 32.2 Å². The second-order valence-corrected chi connectivity index (χ2v) is 6.27. The van der Waals surface area contributed by atoms with Crippen LogP contribution >= 0.6 is 0 Å². The van der Waals surface area contributed by atoms with Crippen molar-refractivity contribution in [2.45, 2.75) is 19.1 Å². The van der Waals surface area contributed by atoms with E-state index in [4.69, 9.17) is 14.2 Å². The molecule has 3 rings (SSSR count). The van der Waals surface area contributed by atoms with Crippen molar-refractivity contribution >= 4 is 11.6 Å². The van der Waals surface area contributed by atoms with Gasteiger partial charge < -0.3 is 24.8 Å². The molecular formula is C20H22F3N3O3. The van der Waals surface area contributed by atoms with E-state index >= 15 is 0 Å². The van der Waals surface area contributed by atoms with E-state index in [-0.39, 0.29) is 12.3 Å². The summed E-state index contributed by atoms with van der Waals surface area (Å²) >= 11 is 0. The summed E-state index contributed by atoms with van der Waals surface area (Å²) in [4.78, 5) is 4.15. The number of alkyl halides is 3. The minimum absolute atomic E-state index is 0.170. The zero-order chi connectivity index (χ0) is 20.7. The second kappa shape index (κ2) is 9.40. The maximum absolute atomic E-state index is 12.4. The molecule has 156 valence electrons. The highest BCUT2D eigenvalue weighted by atomic mass is 19.4. The highest BCUT2D eigenvalue weighted by Gasteiger charge is 2.28. The van der Waals surface area contributed by atoms with Crippen LogP contribution in [0.2, 0.25) is 0 Å². The first-order valence-corrected chi connectivity index (χ1v) is 9.09. The van der Waals surface area contributed by atoms with Gasteiger partial charge in [0.05, 0.1) is 13.2 Å². The average Bonchev–Trinajstić information content (AvgIpc) is 2.94. The number of guanidine groups is 1. The summed E-state index contributed by atoms with van der Waals surface area (Å²) in [5.41, 5.74) is 1.32. The second-order valence-electron chi connectivity index (χ2n) is 6.27. The Labute approximate surface area is 166 Å². The predicted octanol–water partition coefficient (Wildman–Crippen LogP) is 3.98. The number of fused-ring (bicyclic) bond motifs is 1. The van der Waals surface area contributed by atoms with E-state index in [2.05, 4.69) is 15.6 Å². The highest BCUT2D eigenvalue weighted by molar-refractivity contribution is 5.93. The third-order valence-electron chi connectivity index (χ3n) is 4.04. The molecule has 9 heteroatoms. The molecule has 0 saturated heterocycles. The number of hydrogen-bond acceptors (Lipinski definition) is 4. The van der Waals surface area contributed by atoms with Crippen LogP contribution in [0.1, 0.15) is 12.0 Å².